The van der Waals surface area contributed by atoms with Gasteiger partial charge in [0.25, 0.3) is 0 Å². The summed E-state index contributed by atoms with van der Waals surface area (Å²) in [7, 11) is 1.28. The lowest BCUT2D eigenvalue weighted by Gasteiger charge is -2.27. The average Bonchev–Trinajstić information content (AvgIpc) is 2.67. The van der Waals surface area contributed by atoms with Crippen molar-refractivity contribution in [2.75, 3.05) is 7.05 Å². The van der Waals surface area contributed by atoms with Crippen molar-refractivity contribution in [3.63, 3.8) is 0 Å². The summed E-state index contributed by atoms with van der Waals surface area (Å²) < 4.78 is 78.0. The zero-order chi connectivity index (χ0) is 15.8. The van der Waals surface area contributed by atoms with Crippen molar-refractivity contribution in [2.45, 2.75) is 49.4 Å². The van der Waals surface area contributed by atoms with E-state index in [0.29, 0.717) is 0 Å². The van der Waals surface area contributed by atoms with E-state index < -0.39 is 42.5 Å². The highest BCUT2D eigenvalue weighted by Crippen LogP contribution is 2.40. The minimum atomic E-state index is -5.59. The minimum Gasteiger partial charge on any atom is -0.480 e. The van der Waals surface area contributed by atoms with E-state index in [0.717, 1.165) is 0 Å². The molecule has 0 bridgehead atoms. The molecule has 2 N–H and O–H groups in total. The van der Waals surface area contributed by atoms with Gasteiger partial charge in [0.15, 0.2) is 0 Å². The van der Waals surface area contributed by atoms with Crippen LogP contribution >= 0.6 is 0 Å². The number of alkyl halides is 6. The lowest BCUT2D eigenvalue weighted by Crippen LogP contribution is -2.50. The van der Waals surface area contributed by atoms with Crippen molar-refractivity contribution in [1.29, 1.82) is 0 Å². The first kappa shape index (κ1) is 17.0. The van der Waals surface area contributed by atoms with E-state index in [2.05, 4.69) is 10.1 Å². The summed E-state index contributed by atoms with van der Waals surface area (Å²) >= 11 is 0. The molecular weight excluding hydrogens is 296 g/mol. The molecule has 0 aromatic carbocycles. The van der Waals surface area contributed by atoms with Crippen LogP contribution in [0.15, 0.2) is 0 Å². The molecule has 118 valence electrons. The zero-order valence-electron chi connectivity index (χ0n) is 10.3. The van der Waals surface area contributed by atoms with Gasteiger partial charge in [-0.15, -0.1) is 0 Å². The van der Waals surface area contributed by atoms with Crippen molar-refractivity contribution in [2.24, 2.45) is 0 Å². The monoisotopic (exact) mass is 309 g/mol. The molecule has 1 rings (SSSR count). The predicted molar refractivity (Wildman–Crippen MR) is 54.0 cm³/mol. The third-order valence-corrected chi connectivity index (χ3v) is 3.28. The lowest BCUT2D eigenvalue weighted by molar-refractivity contribution is -0.330. The molecule has 0 saturated heterocycles. The van der Waals surface area contributed by atoms with Crippen molar-refractivity contribution >= 4 is 5.97 Å². The summed E-state index contributed by atoms with van der Waals surface area (Å²) in [6.45, 7) is 0. The number of hydrogen-bond donors (Lipinski definition) is 2. The molecule has 0 heterocycles. The number of hydrogen-bond acceptors (Lipinski definition) is 3. The summed E-state index contributed by atoms with van der Waals surface area (Å²) in [4.78, 5) is 11.0. The Balaban J connectivity index is 2.81. The quantitative estimate of drug-likeness (QED) is 0.781. The molecule has 0 amide bonds. The number of carboxylic acid groups (broad SMARTS) is 1. The second-order valence-electron chi connectivity index (χ2n) is 4.60. The zero-order valence-corrected chi connectivity index (χ0v) is 10.3. The number of ether oxygens (including phenoxy) is 1. The highest BCUT2D eigenvalue weighted by atomic mass is 19.4. The van der Waals surface area contributed by atoms with Crippen molar-refractivity contribution < 1.29 is 41.0 Å². The van der Waals surface area contributed by atoms with Gasteiger partial charge in [0.05, 0.1) is 6.10 Å². The Labute approximate surface area is 110 Å². The first-order chi connectivity index (χ1) is 8.92. The van der Waals surface area contributed by atoms with Gasteiger partial charge < -0.3 is 15.2 Å². The second kappa shape index (κ2) is 5.40. The molecule has 20 heavy (non-hydrogen) atoms. The van der Waals surface area contributed by atoms with Crippen LogP contribution in [-0.4, -0.2) is 48.2 Å². The Morgan fingerprint density at radius 2 is 1.80 bits per heavy atom. The molecule has 1 aliphatic rings. The van der Waals surface area contributed by atoms with Crippen LogP contribution in [0, 0.1) is 0 Å². The van der Waals surface area contributed by atoms with Crippen LogP contribution in [0.4, 0.5) is 26.3 Å². The predicted octanol–water partition coefficient (Wildman–Crippen LogP) is 2.09. The Morgan fingerprint density at radius 1 is 1.30 bits per heavy atom. The highest BCUT2D eigenvalue weighted by molar-refractivity contribution is 5.79. The summed E-state index contributed by atoms with van der Waals surface area (Å²) in [5, 5.41) is 11.4. The van der Waals surface area contributed by atoms with Crippen LogP contribution in [0.2, 0.25) is 0 Å². The maximum atomic E-state index is 12.3. The number of nitrogens with one attached hydrogen (secondary N) is 1. The van der Waals surface area contributed by atoms with Crippen molar-refractivity contribution in [1.82, 2.24) is 5.32 Å². The third kappa shape index (κ3) is 3.54. The number of likely N-dealkylation sites (N-methyl/N-ethyl adjacent to an activating group) is 1. The Morgan fingerprint density at radius 3 is 2.10 bits per heavy atom. The van der Waals surface area contributed by atoms with E-state index >= 15 is 0 Å². The van der Waals surface area contributed by atoms with Crippen molar-refractivity contribution in [3.8, 4) is 0 Å². The number of carboxylic acids is 1. The minimum absolute atomic E-state index is 0.105. The number of aliphatic carboxylic acids is 1. The first-order valence-corrected chi connectivity index (χ1v) is 5.63. The standard InChI is InChI=1S/C10H13F6NO3/c1-17-8(7(18)19)3-2-5(4-8)20-6(9(11,12)13)10(14,15)16/h5-6,17H,2-4H2,1H3,(H,18,19). The Bertz CT molecular complexity index is 355. The second-order valence-corrected chi connectivity index (χ2v) is 4.60. The van der Waals surface area contributed by atoms with Gasteiger partial charge in [-0.3, -0.25) is 4.79 Å². The highest BCUT2D eigenvalue weighted by Gasteiger charge is 2.60. The van der Waals surface area contributed by atoms with E-state index in [1.54, 1.807) is 0 Å². The fraction of sp³-hybridized carbons (Fsp3) is 0.900. The summed E-state index contributed by atoms with van der Waals surface area (Å²) in [5.74, 6) is -1.33. The SMILES string of the molecule is CNC1(C(=O)O)CCC(OC(C(F)(F)F)C(F)(F)F)C1. The molecule has 0 aliphatic heterocycles. The topological polar surface area (TPSA) is 58.6 Å². The smallest absolute Gasteiger partial charge is 0.423 e. The van der Waals surface area contributed by atoms with Gasteiger partial charge in [-0.1, -0.05) is 0 Å². The Hall–Kier alpha value is -1.03. The van der Waals surface area contributed by atoms with Crippen LogP contribution < -0.4 is 5.32 Å². The maximum absolute atomic E-state index is 12.3. The molecule has 0 aromatic heterocycles. The molecule has 0 radical (unpaired) electrons. The molecule has 4 nitrogen and oxygen atoms in total. The first-order valence-electron chi connectivity index (χ1n) is 5.63. The van der Waals surface area contributed by atoms with E-state index in [4.69, 9.17) is 5.11 Å². The van der Waals surface area contributed by atoms with Crippen LogP contribution in [-0.2, 0) is 9.53 Å². The van der Waals surface area contributed by atoms with Crippen LogP contribution in [0.3, 0.4) is 0 Å². The van der Waals surface area contributed by atoms with Gasteiger partial charge in [0.1, 0.15) is 5.54 Å². The summed E-state index contributed by atoms with van der Waals surface area (Å²) in [6.07, 6.45) is -17.3. The van der Waals surface area contributed by atoms with Gasteiger partial charge >= 0.3 is 18.3 Å². The van der Waals surface area contributed by atoms with Gasteiger partial charge in [0, 0.05) is 6.42 Å². The number of carbonyl (C=O) groups is 1. The van der Waals surface area contributed by atoms with Crippen LogP contribution in [0.5, 0.6) is 0 Å². The summed E-state index contributed by atoms with van der Waals surface area (Å²) in [5.41, 5.74) is -1.55. The van der Waals surface area contributed by atoms with Crippen molar-refractivity contribution in [3.05, 3.63) is 0 Å². The lowest BCUT2D eigenvalue weighted by atomic mass is 9.98. The molecular formula is C10H13F6NO3. The molecule has 1 aliphatic carbocycles. The molecule has 0 aromatic rings. The van der Waals surface area contributed by atoms with Crippen LogP contribution in [0.1, 0.15) is 19.3 Å². The van der Waals surface area contributed by atoms with E-state index in [-0.39, 0.29) is 12.8 Å². The molecule has 10 heteroatoms. The molecule has 0 spiro atoms. The largest absolute Gasteiger partial charge is 0.480 e. The normalized spacial score (nSPS) is 28.1. The van der Waals surface area contributed by atoms with E-state index in [9.17, 15) is 31.1 Å². The van der Waals surface area contributed by atoms with Gasteiger partial charge in [-0.25, -0.2) is 0 Å². The summed E-state index contributed by atoms with van der Waals surface area (Å²) in [6, 6.07) is 0. The Kier molecular flexibility index (Phi) is 4.59. The number of halogens is 6. The molecule has 2 atom stereocenters. The average molecular weight is 309 g/mol. The van der Waals surface area contributed by atoms with E-state index in [1.165, 1.54) is 7.05 Å². The third-order valence-electron chi connectivity index (χ3n) is 3.28. The fourth-order valence-corrected chi connectivity index (χ4v) is 2.18. The van der Waals surface area contributed by atoms with Gasteiger partial charge in [0.2, 0.25) is 6.10 Å². The molecule has 1 fully saturated rings. The van der Waals surface area contributed by atoms with Crippen LogP contribution in [0.25, 0.3) is 0 Å². The van der Waals surface area contributed by atoms with Gasteiger partial charge in [-0.2, -0.15) is 26.3 Å². The molecule has 2 unspecified atom stereocenters. The van der Waals surface area contributed by atoms with Gasteiger partial charge in [-0.05, 0) is 19.9 Å². The van der Waals surface area contributed by atoms with E-state index in [1.807, 2.05) is 0 Å². The fourth-order valence-electron chi connectivity index (χ4n) is 2.18. The molecule has 1 saturated carbocycles. The maximum Gasteiger partial charge on any atom is 0.423 e. The number of rotatable bonds is 4.